The van der Waals surface area contributed by atoms with Crippen molar-refractivity contribution in [2.45, 2.75) is 6.92 Å². The fraction of sp³-hybridized carbons (Fsp3) is 0.0556. The average molecular weight is 371 g/mol. The summed E-state index contributed by atoms with van der Waals surface area (Å²) in [5, 5.41) is 11.8. The number of halogens is 2. The summed E-state index contributed by atoms with van der Waals surface area (Å²) < 4.78 is 15.1. The first-order chi connectivity index (χ1) is 12.1. The molecule has 0 unspecified atom stereocenters. The molecule has 2 aromatic heterocycles. The van der Waals surface area contributed by atoms with Gasteiger partial charge in [-0.25, -0.2) is 14.1 Å². The highest BCUT2D eigenvalue weighted by molar-refractivity contribution is 7.13. The molecule has 0 N–H and O–H groups in total. The van der Waals surface area contributed by atoms with E-state index in [0.717, 1.165) is 22.0 Å². The van der Waals surface area contributed by atoms with Gasteiger partial charge in [0.05, 0.1) is 17.1 Å². The maximum atomic E-state index is 13.5. The zero-order valence-corrected chi connectivity index (χ0v) is 14.7. The molecule has 4 rings (SSSR count). The van der Waals surface area contributed by atoms with Crippen LogP contribution in [0, 0.1) is 12.7 Å². The predicted molar refractivity (Wildman–Crippen MR) is 97.6 cm³/mol. The van der Waals surface area contributed by atoms with Crippen molar-refractivity contribution in [1.29, 1.82) is 0 Å². The molecule has 4 aromatic rings. The minimum Gasteiger partial charge on any atom is -0.234 e. The number of rotatable bonds is 3. The third-order valence-corrected chi connectivity index (χ3v) is 4.90. The SMILES string of the molecule is Cc1c(-c2nc(-c3ccc(Cl)cc3)cs2)nnn1-c1cccc(F)c1. The van der Waals surface area contributed by atoms with E-state index in [4.69, 9.17) is 11.6 Å². The van der Waals surface area contributed by atoms with Crippen LogP contribution in [-0.2, 0) is 0 Å². The second kappa shape index (κ2) is 6.38. The van der Waals surface area contributed by atoms with Crippen molar-refractivity contribution >= 4 is 22.9 Å². The molecule has 0 bridgehead atoms. The Bertz CT molecular complexity index is 1040. The molecule has 0 spiro atoms. The van der Waals surface area contributed by atoms with Crippen molar-refractivity contribution in [2.75, 3.05) is 0 Å². The van der Waals surface area contributed by atoms with Crippen molar-refractivity contribution in [1.82, 2.24) is 20.0 Å². The van der Waals surface area contributed by atoms with Gasteiger partial charge in [0.2, 0.25) is 0 Å². The zero-order chi connectivity index (χ0) is 17.4. The summed E-state index contributed by atoms with van der Waals surface area (Å²) in [4.78, 5) is 4.65. The Balaban J connectivity index is 1.71. The first-order valence-electron chi connectivity index (χ1n) is 7.52. The maximum absolute atomic E-state index is 13.5. The van der Waals surface area contributed by atoms with Gasteiger partial charge in [-0.15, -0.1) is 16.4 Å². The monoisotopic (exact) mass is 370 g/mol. The van der Waals surface area contributed by atoms with Gasteiger partial charge in [-0.05, 0) is 37.3 Å². The first kappa shape index (κ1) is 15.9. The molecule has 0 amide bonds. The standard InChI is InChI=1S/C18H12ClFN4S/c1-11-17(22-23-24(11)15-4-2-3-14(20)9-15)18-21-16(10-25-18)12-5-7-13(19)8-6-12/h2-10H,1H3. The summed E-state index contributed by atoms with van der Waals surface area (Å²) in [6.45, 7) is 1.89. The fourth-order valence-electron chi connectivity index (χ4n) is 2.52. The Morgan fingerprint density at radius 2 is 1.92 bits per heavy atom. The molecule has 0 aliphatic rings. The normalized spacial score (nSPS) is 11.0. The molecule has 25 heavy (non-hydrogen) atoms. The van der Waals surface area contributed by atoms with Crippen molar-refractivity contribution in [3.8, 4) is 27.6 Å². The Kier molecular flexibility index (Phi) is 4.07. The number of thiazole rings is 1. The van der Waals surface area contributed by atoms with Crippen molar-refractivity contribution < 1.29 is 4.39 Å². The average Bonchev–Trinajstić information content (AvgIpc) is 3.22. The van der Waals surface area contributed by atoms with E-state index in [1.165, 1.54) is 23.5 Å². The third kappa shape index (κ3) is 3.06. The summed E-state index contributed by atoms with van der Waals surface area (Å²) >= 11 is 7.42. The molecule has 0 aliphatic carbocycles. The summed E-state index contributed by atoms with van der Waals surface area (Å²) in [7, 11) is 0. The van der Waals surface area contributed by atoms with Crippen LogP contribution in [0.5, 0.6) is 0 Å². The largest absolute Gasteiger partial charge is 0.234 e. The fourth-order valence-corrected chi connectivity index (χ4v) is 3.50. The van der Waals surface area contributed by atoms with E-state index in [0.29, 0.717) is 16.4 Å². The summed E-state index contributed by atoms with van der Waals surface area (Å²) in [6, 6.07) is 13.8. The molecule has 0 radical (unpaired) electrons. The lowest BCUT2D eigenvalue weighted by atomic mass is 10.2. The van der Waals surface area contributed by atoms with Crippen LogP contribution in [0.25, 0.3) is 27.6 Å². The highest BCUT2D eigenvalue weighted by Crippen LogP contribution is 2.30. The molecular weight excluding hydrogens is 359 g/mol. The Hall–Kier alpha value is -2.57. The van der Waals surface area contributed by atoms with E-state index in [2.05, 4.69) is 15.3 Å². The lowest BCUT2D eigenvalue weighted by molar-refractivity contribution is 0.624. The summed E-state index contributed by atoms with van der Waals surface area (Å²) in [5.41, 5.74) is 3.97. The van der Waals surface area contributed by atoms with E-state index < -0.39 is 0 Å². The Labute approximate surface area is 152 Å². The highest BCUT2D eigenvalue weighted by atomic mass is 35.5. The van der Waals surface area contributed by atoms with Crippen molar-refractivity contribution in [3.63, 3.8) is 0 Å². The van der Waals surface area contributed by atoms with E-state index in [1.807, 2.05) is 36.6 Å². The second-order valence-electron chi connectivity index (χ2n) is 5.46. The maximum Gasteiger partial charge on any atom is 0.146 e. The summed E-state index contributed by atoms with van der Waals surface area (Å²) in [6.07, 6.45) is 0. The van der Waals surface area contributed by atoms with Crippen LogP contribution < -0.4 is 0 Å². The minimum atomic E-state index is -0.312. The molecule has 0 saturated carbocycles. The quantitative estimate of drug-likeness (QED) is 0.500. The van der Waals surface area contributed by atoms with Crippen LogP contribution in [0.2, 0.25) is 5.02 Å². The molecule has 2 aromatic carbocycles. The third-order valence-electron chi connectivity index (χ3n) is 3.79. The van der Waals surface area contributed by atoms with Gasteiger partial charge in [0.25, 0.3) is 0 Å². The first-order valence-corrected chi connectivity index (χ1v) is 8.77. The minimum absolute atomic E-state index is 0.312. The van der Waals surface area contributed by atoms with Crippen LogP contribution in [0.4, 0.5) is 4.39 Å². The second-order valence-corrected chi connectivity index (χ2v) is 6.75. The predicted octanol–water partition coefficient (Wildman–Crippen LogP) is 5.16. The van der Waals surface area contributed by atoms with Gasteiger partial charge in [0, 0.05) is 16.0 Å². The van der Waals surface area contributed by atoms with Gasteiger partial charge < -0.3 is 0 Å². The van der Waals surface area contributed by atoms with Gasteiger partial charge >= 0.3 is 0 Å². The van der Waals surface area contributed by atoms with Gasteiger partial charge in [-0.2, -0.15) is 0 Å². The van der Waals surface area contributed by atoms with Crippen LogP contribution in [0.3, 0.4) is 0 Å². The number of hydrogen-bond donors (Lipinski definition) is 0. The van der Waals surface area contributed by atoms with Crippen LogP contribution >= 0.6 is 22.9 Å². The number of nitrogens with zero attached hydrogens (tertiary/aromatic N) is 4. The topological polar surface area (TPSA) is 43.6 Å². The molecule has 0 aliphatic heterocycles. The molecule has 4 nitrogen and oxygen atoms in total. The van der Waals surface area contributed by atoms with Gasteiger partial charge in [-0.1, -0.05) is 35.0 Å². The van der Waals surface area contributed by atoms with Gasteiger partial charge in [-0.3, -0.25) is 0 Å². The van der Waals surface area contributed by atoms with Crippen molar-refractivity contribution in [3.05, 3.63) is 70.4 Å². The van der Waals surface area contributed by atoms with Crippen molar-refractivity contribution in [2.24, 2.45) is 0 Å². The zero-order valence-electron chi connectivity index (χ0n) is 13.1. The smallest absolute Gasteiger partial charge is 0.146 e. The van der Waals surface area contributed by atoms with Crippen LogP contribution in [0.15, 0.2) is 53.9 Å². The lowest BCUT2D eigenvalue weighted by Crippen LogP contribution is -1.99. The molecule has 7 heteroatoms. The molecule has 0 fully saturated rings. The number of benzene rings is 2. The van der Waals surface area contributed by atoms with E-state index in [-0.39, 0.29) is 5.82 Å². The van der Waals surface area contributed by atoms with Crippen LogP contribution in [-0.4, -0.2) is 20.0 Å². The number of hydrogen-bond acceptors (Lipinski definition) is 4. The molecule has 124 valence electrons. The molecule has 0 saturated heterocycles. The highest BCUT2D eigenvalue weighted by Gasteiger charge is 2.16. The lowest BCUT2D eigenvalue weighted by Gasteiger charge is -2.02. The molecule has 0 atom stereocenters. The molecular formula is C18H12ClFN4S. The van der Waals surface area contributed by atoms with E-state index in [1.54, 1.807) is 16.8 Å². The van der Waals surface area contributed by atoms with E-state index in [9.17, 15) is 4.39 Å². The molecule has 2 heterocycles. The number of aromatic nitrogens is 4. The summed E-state index contributed by atoms with van der Waals surface area (Å²) in [5.74, 6) is -0.312. The van der Waals surface area contributed by atoms with Gasteiger partial charge in [0.1, 0.15) is 16.5 Å². The Morgan fingerprint density at radius 3 is 2.68 bits per heavy atom. The Morgan fingerprint density at radius 1 is 1.12 bits per heavy atom. The van der Waals surface area contributed by atoms with Gasteiger partial charge in [0.15, 0.2) is 0 Å². The van der Waals surface area contributed by atoms with Crippen LogP contribution in [0.1, 0.15) is 5.69 Å². The van der Waals surface area contributed by atoms with E-state index >= 15 is 0 Å².